The number of rotatable bonds is 6. The van der Waals surface area contributed by atoms with Gasteiger partial charge in [-0.05, 0) is 32.0 Å². The summed E-state index contributed by atoms with van der Waals surface area (Å²) >= 11 is 5.80. The lowest BCUT2D eigenvalue weighted by atomic mass is 10.1. The average Bonchev–Trinajstić information content (AvgIpc) is 2.37. The van der Waals surface area contributed by atoms with Gasteiger partial charge < -0.3 is 9.64 Å². The van der Waals surface area contributed by atoms with Gasteiger partial charge in [0.15, 0.2) is 0 Å². The molecule has 0 aliphatic heterocycles. The minimum atomic E-state index is -4.01. The van der Waals surface area contributed by atoms with Gasteiger partial charge in [-0.15, -0.1) is 0 Å². The van der Waals surface area contributed by atoms with E-state index >= 15 is 0 Å². The molecule has 0 saturated heterocycles. The summed E-state index contributed by atoms with van der Waals surface area (Å²) in [6.07, 6.45) is 0. The van der Waals surface area contributed by atoms with Gasteiger partial charge >= 0.3 is 0 Å². The number of halogens is 2. The maximum Gasteiger partial charge on any atom is 0.262 e. The lowest BCUT2D eigenvalue weighted by molar-refractivity contribution is 0.0634. The predicted octanol–water partition coefficient (Wildman–Crippen LogP) is 2.76. The van der Waals surface area contributed by atoms with Gasteiger partial charge in [0.25, 0.3) is 15.0 Å². The highest BCUT2D eigenvalue weighted by Gasteiger charge is 2.22. The summed E-state index contributed by atoms with van der Waals surface area (Å²) in [5.41, 5.74) is 0.212. The number of carbonyl (C=O) groups excluding carboxylic acids is 1. The molecule has 1 rings (SSSR count). The van der Waals surface area contributed by atoms with E-state index in [0.717, 1.165) is 0 Å². The molecule has 0 aliphatic carbocycles. The van der Waals surface area contributed by atoms with E-state index in [9.17, 15) is 13.2 Å². The van der Waals surface area contributed by atoms with Crippen LogP contribution in [0.25, 0.3) is 0 Å². The van der Waals surface area contributed by atoms with Gasteiger partial charge in [-0.2, -0.15) is 0 Å². The molecule has 0 bridgehead atoms. The summed E-state index contributed by atoms with van der Waals surface area (Å²) in [5, 5.41) is -0.0189. The molecule has 0 fully saturated rings. The van der Waals surface area contributed by atoms with Crippen molar-refractivity contribution in [2.75, 3.05) is 20.3 Å². The number of hydrogen-bond acceptors (Lipinski definition) is 4. The summed E-state index contributed by atoms with van der Waals surface area (Å²) in [4.78, 5) is 13.8. The van der Waals surface area contributed by atoms with Crippen LogP contribution in [0, 0.1) is 0 Å². The molecule has 8 heteroatoms. The second-order valence-electron chi connectivity index (χ2n) is 4.67. The van der Waals surface area contributed by atoms with Crippen molar-refractivity contribution in [1.82, 2.24) is 4.90 Å². The smallest absolute Gasteiger partial charge is 0.262 e. The van der Waals surface area contributed by atoms with Crippen LogP contribution in [0.1, 0.15) is 24.2 Å². The molecular formula is C13H17Cl2NO4S. The fraction of sp³-hybridized carbons (Fsp3) is 0.462. The molecule has 0 radical (unpaired) electrons. The minimum Gasteiger partial charge on any atom is -0.383 e. The van der Waals surface area contributed by atoms with E-state index in [4.69, 9.17) is 27.0 Å². The first-order valence-electron chi connectivity index (χ1n) is 6.22. The van der Waals surface area contributed by atoms with Gasteiger partial charge in [0, 0.05) is 35.9 Å². The molecule has 0 saturated carbocycles. The third-order valence-electron chi connectivity index (χ3n) is 2.86. The molecule has 0 spiro atoms. The number of ether oxygens (including phenoxy) is 1. The van der Waals surface area contributed by atoms with Crippen molar-refractivity contribution in [1.29, 1.82) is 0 Å². The molecule has 5 nitrogen and oxygen atoms in total. The highest BCUT2D eigenvalue weighted by atomic mass is 35.7. The van der Waals surface area contributed by atoms with Gasteiger partial charge in [0.2, 0.25) is 0 Å². The SMILES string of the molecule is COCCN(C(=O)c1ccc(Cl)c(S(=O)(=O)Cl)c1)C(C)C. The molecule has 21 heavy (non-hydrogen) atoms. The van der Waals surface area contributed by atoms with Gasteiger partial charge in [-0.25, -0.2) is 8.42 Å². The van der Waals surface area contributed by atoms with Crippen LogP contribution in [0.15, 0.2) is 23.1 Å². The van der Waals surface area contributed by atoms with Gasteiger partial charge in [0.1, 0.15) is 4.90 Å². The standard InChI is InChI=1S/C13H17Cl2NO4S/c1-9(2)16(6-7-20-3)13(17)10-4-5-11(14)12(8-10)21(15,18)19/h4-5,8-9H,6-7H2,1-3H3. The summed E-state index contributed by atoms with van der Waals surface area (Å²) in [7, 11) is 2.85. The van der Waals surface area contributed by atoms with E-state index in [2.05, 4.69) is 0 Å². The van der Waals surface area contributed by atoms with E-state index in [1.54, 1.807) is 12.0 Å². The number of benzene rings is 1. The Morgan fingerprint density at radius 2 is 2.00 bits per heavy atom. The topological polar surface area (TPSA) is 63.7 Å². The van der Waals surface area contributed by atoms with Crippen LogP contribution in [-0.4, -0.2) is 45.5 Å². The summed E-state index contributed by atoms with van der Waals surface area (Å²) in [5.74, 6) is -0.305. The van der Waals surface area contributed by atoms with Crippen LogP contribution in [0.4, 0.5) is 0 Å². The zero-order valence-corrected chi connectivity index (χ0v) is 14.3. The highest BCUT2D eigenvalue weighted by molar-refractivity contribution is 8.13. The monoisotopic (exact) mass is 353 g/mol. The number of hydrogen-bond donors (Lipinski definition) is 0. The fourth-order valence-electron chi connectivity index (χ4n) is 1.77. The number of carbonyl (C=O) groups is 1. The summed E-state index contributed by atoms with van der Waals surface area (Å²) < 4.78 is 27.9. The van der Waals surface area contributed by atoms with Crippen molar-refractivity contribution in [3.8, 4) is 0 Å². The van der Waals surface area contributed by atoms with Gasteiger partial charge in [-0.3, -0.25) is 4.79 Å². The Morgan fingerprint density at radius 3 is 2.48 bits per heavy atom. The van der Waals surface area contributed by atoms with Crippen LogP contribution in [-0.2, 0) is 13.8 Å². The van der Waals surface area contributed by atoms with E-state index in [0.29, 0.717) is 13.2 Å². The van der Waals surface area contributed by atoms with Crippen LogP contribution in [0.3, 0.4) is 0 Å². The Bertz CT molecular complexity index is 617. The lowest BCUT2D eigenvalue weighted by Crippen LogP contribution is -2.39. The Morgan fingerprint density at radius 1 is 1.38 bits per heavy atom. The van der Waals surface area contributed by atoms with Crippen molar-refractivity contribution in [2.45, 2.75) is 24.8 Å². The summed E-state index contributed by atoms with van der Waals surface area (Å²) in [6, 6.07) is 3.95. The van der Waals surface area contributed by atoms with Crippen molar-refractivity contribution in [2.24, 2.45) is 0 Å². The second-order valence-corrected chi connectivity index (χ2v) is 7.61. The maximum absolute atomic E-state index is 12.5. The molecule has 0 aliphatic rings. The molecule has 0 atom stereocenters. The quantitative estimate of drug-likeness (QED) is 0.737. The molecule has 118 valence electrons. The first-order chi connectivity index (χ1) is 9.68. The molecule has 1 amide bonds. The molecule has 0 N–H and O–H groups in total. The van der Waals surface area contributed by atoms with Crippen molar-refractivity contribution in [3.63, 3.8) is 0 Å². The predicted molar refractivity (Wildman–Crippen MR) is 82.5 cm³/mol. The zero-order chi connectivity index (χ0) is 16.2. The first kappa shape index (κ1) is 18.2. The molecule has 0 heterocycles. The van der Waals surface area contributed by atoms with E-state index < -0.39 is 9.05 Å². The maximum atomic E-state index is 12.5. The van der Waals surface area contributed by atoms with Crippen LogP contribution in [0.2, 0.25) is 5.02 Å². The Labute approximate surface area is 134 Å². The Balaban J connectivity index is 3.17. The number of amides is 1. The van der Waals surface area contributed by atoms with Crippen LogP contribution < -0.4 is 0 Å². The molecule has 0 aromatic heterocycles. The third kappa shape index (κ3) is 4.85. The second kappa shape index (κ2) is 7.45. The van der Waals surface area contributed by atoms with E-state index in [-0.39, 0.29) is 27.4 Å². The number of nitrogens with zero attached hydrogens (tertiary/aromatic N) is 1. The van der Waals surface area contributed by atoms with Gasteiger partial charge in [0.05, 0.1) is 11.6 Å². The minimum absolute atomic E-state index is 0.0189. The van der Waals surface area contributed by atoms with Gasteiger partial charge in [-0.1, -0.05) is 11.6 Å². The zero-order valence-electron chi connectivity index (χ0n) is 12.0. The normalized spacial score (nSPS) is 11.7. The fourth-order valence-corrected chi connectivity index (χ4v) is 3.27. The molecule has 1 aromatic rings. The van der Waals surface area contributed by atoms with E-state index in [1.807, 2.05) is 13.8 Å². The molecule has 1 aromatic carbocycles. The Hall–Kier alpha value is -0.820. The average molecular weight is 354 g/mol. The molecular weight excluding hydrogens is 337 g/mol. The largest absolute Gasteiger partial charge is 0.383 e. The van der Waals surface area contributed by atoms with E-state index in [1.165, 1.54) is 18.2 Å². The van der Waals surface area contributed by atoms with Crippen molar-refractivity contribution >= 4 is 37.2 Å². The van der Waals surface area contributed by atoms with Crippen LogP contribution >= 0.6 is 22.3 Å². The van der Waals surface area contributed by atoms with Crippen molar-refractivity contribution in [3.05, 3.63) is 28.8 Å². The Kier molecular flexibility index (Phi) is 6.46. The van der Waals surface area contributed by atoms with Crippen LogP contribution in [0.5, 0.6) is 0 Å². The third-order valence-corrected chi connectivity index (χ3v) is 4.66. The first-order valence-corrected chi connectivity index (χ1v) is 8.91. The number of methoxy groups -OCH3 is 1. The highest BCUT2D eigenvalue weighted by Crippen LogP contribution is 2.26. The molecule has 0 unspecified atom stereocenters. The summed E-state index contributed by atoms with van der Waals surface area (Å²) in [6.45, 7) is 4.52. The lowest BCUT2D eigenvalue weighted by Gasteiger charge is -2.26. The van der Waals surface area contributed by atoms with Crippen molar-refractivity contribution < 1.29 is 17.9 Å².